The number of carboxylic acid groups (broad SMARTS) is 1. The second-order valence-corrected chi connectivity index (χ2v) is 11.5. The number of hydrogen-bond donors (Lipinski definition) is 4. The number of benzene rings is 1. The third-order valence-corrected chi connectivity index (χ3v) is 9.18. The SMILES string of the molecule is CC(C)[C@@H](NC(=O)C1C[C@@]2(O)[C@H]3Cc4ccc(O)c5c4[C@@]2(CCN3CC2CC2)[C@@H](O5)C1=O)C(=O)O. The lowest BCUT2D eigenvalue weighted by Gasteiger charge is -2.63. The molecule has 188 valence electrons. The van der Waals surface area contributed by atoms with Gasteiger partial charge >= 0.3 is 5.97 Å². The number of Topliss-reactive ketones (excluding diaryl/α,β-unsaturated/α-hetero) is 1. The average Bonchev–Trinajstić information content (AvgIpc) is 3.53. The van der Waals surface area contributed by atoms with Gasteiger partial charge in [-0.15, -0.1) is 0 Å². The number of hydrogen-bond acceptors (Lipinski definition) is 7. The Morgan fingerprint density at radius 3 is 2.69 bits per heavy atom. The van der Waals surface area contributed by atoms with E-state index in [4.69, 9.17) is 4.74 Å². The number of carbonyl (C=O) groups is 3. The molecular formula is C26H32N2O7. The highest BCUT2D eigenvalue weighted by Gasteiger charge is 2.75. The number of nitrogens with zero attached hydrogens (tertiary/aromatic N) is 1. The minimum Gasteiger partial charge on any atom is -0.504 e. The molecule has 3 fully saturated rings. The number of rotatable bonds is 6. The van der Waals surface area contributed by atoms with Gasteiger partial charge in [0.05, 0.1) is 11.0 Å². The van der Waals surface area contributed by atoms with Crippen molar-refractivity contribution in [1.82, 2.24) is 10.2 Å². The monoisotopic (exact) mass is 484 g/mol. The first-order valence-corrected chi connectivity index (χ1v) is 12.6. The van der Waals surface area contributed by atoms with Crippen molar-refractivity contribution >= 4 is 17.7 Å². The molecule has 1 aromatic carbocycles. The minimum absolute atomic E-state index is 0.0757. The standard InChI is InChI=1S/C26H32N2O7/c1-12(2)19(24(32)33)27-23(31)15-10-26(34)17-9-14-5-6-16(29)21-18(14)25(26,22(35-21)20(15)30)7-8-28(17)11-13-3-4-13/h5-6,12-13,15,17,19,22,29,34H,3-4,7-11H2,1-2H3,(H,27,31)(H,32,33)/t15?,17-,19-,22+,25+,26-/m1/s1. The second-order valence-electron chi connectivity index (χ2n) is 11.5. The first-order valence-electron chi connectivity index (χ1n) is 12.6. The fourth-order valence-electron chi connectivity index (χ4n) is 7.29. The van der Waals surface area contributed by atoms with E-state index in [9.17, 15) is 29.7 Å². The molecule has 0 aromatic heterocycles. The van der Waals surface area contributed by atoms with E-state index < -0.39 is 46.7 Å². The Morgan fingerprint density at radius 1 is 1.29 bits per heavy atom. The summed E-state index contributed by atoms with van der Waals surface area (Å²) in [5, 5.41) is 35.2. The number of nitrogens with one attached hydrogen (secondary N) is 1. The van der Waals surface area contributed by atoms with Crippen molar-refractivity contribution in [3.8, 4) is 11.5 Å². The molecule has 0 radical (unpaired) electrons. The molecular weight excluding hydrogens is 452 g/mol. The number of carbonyl (C=O) groups excluding carboxylic acids is 2. The number of aromatic hydroxyl groups is 1. The number of phenolic OH excluding ortho intramolecular Hbond substituents is 1. The van der Waals surface area contributed by atoms with Crippen LogP contribution in [0, 0.1) is 17.8 Å². The lowest BCUT2D eigenvalue weighted by molar-refractivity contribution is -0.198. The Balaban J connectivity index is 1.43. The van der Waals surface area contributed by atoms with Gasteiger partial charge in [-0.25, -0.2) is 4.79 Å². The van der Waals surface area contributed by atoms with Crippen LogP contribution in [0.15, 0.2) is 12.1 Å². The highest BCUT2D eigenvalue weighted by molar-refractivity contribution is 6.07. The number of carboxylic acids is 1. The first-order chi connectivity index (χ1) is 16.6. The summed E-state index contributed by atoms with van der Waals surface area (Å²) >= 11 is 0. The van der Waals surface area contributed by atoms with E-state index in [0.717, 1.165) is 12.1 Å². The number of amides is 1. The van der Waals surface area contributed by atoms with Crippen LogP contribution in [0.4, 0.5) is 0 Å². The Labute approximate surface area is 203 Å². The molecule has 1 amide bonds. The Morgan fingerprint density at radius 2 is 2.03 bits per heavy atom. The van der Waals surface area contributed by atoms with E-state index >= 15 is 0 Å². The number of aliphatic carboxylic acids is 1. The van der Waals surface area contributed by atoms with Crippen molar-refractivity contribution in [2.24, 2.45) is 17.8 Å². The normalized spacial score (nSPS) is 35.9. The lowest BCUT2D eigenvalue weighted by atomic mass is 9.47. The molecule has 1 unspecified atom stereocenters. The average molecular weight is 485 g/mol. The van der Waals surface area contributed by atoms with Crippen LogP contribution in [0.5, 0.6) is 11.5 Å². The van der Waals surface area contributed by atoms with Gasteiger partial charge in [0.25, 0.3) is 0 Å². The first kappa shape index (κ1) is 22.8. The maximum atomic E-state index is 13.8. The quantitative estimate of drug-likeness (QED) is 0.439. The molecule has 9 nitrogen and oxygen atoms in total. The van der Waals surface area contributed by atoms with Crippen LogP contribution in [0.25, 0.3) is 0 Å². The van der Waals surface area contributed by atoms with Gasteiger partial charge < -0.3 is 25.4 Å². The molecule has 35 heavy (non-hydrogen) atoms. The molecule has 5 aliphatic rings. The Kier molecular flexibility index (Phi) is 4.84. The molecule has 3 aliphatic carbocycles. The summed E-state index contributed by atoms with van der Waals surface area (Å²) in [5.74, 6) is -3.17. The summed E-state index contributed by atoms with van der Waals surface area (Å²) in [7, 11) is 0. The fourth-order valence-corrected chi connectivity index (χ4v) is 7.29. The topological polar surface area (TPSA) is 136 Å². The number of likely N-dealkylation sites (tertiary alicyclic amines) is 1. The van der Waals surface area contributed by atoms with Crippen LogP contribution in [0.3, 0.4) is 0 Å². The molecule has 2 bridgehead atoms. The number of piperidine rings is 1. The third kappa shape index (κ3) is 2.97. The van der Waals surface area contributed by atoms with E-state index in [-0.39, 0.29) is 29.9 Å². The van der Waals surface area contributed by atoms with Crippen LogP contribution in [0.2, 0.25) is 0 Å². The summed E-state index contributed by atoms with van der Waals surface area (Å²) in [4.78, 5) is 41.1. The van der Waals surface area contributed by atoms with E-state index in [0.29, 0.717) is 30.9 Å². The molecule has 2 saturated carbocycles. The van der Waals surface area contributed by atoms with Gasteiger partial charge in [-0.2, -0.15) is 0 Å². The van der Waals surface area contributed by atoms with E-state index in [1.165, 1.54) is 12.8 Å². The van der Waals surface area contributed by atoms with Crippen molar-refractivity contribution in [1.29, 1.82) is 0 Å². The zero-order valence-electron chi connectivity index (χ0n) is 20.0. The number of ether oxygens (including phenoxy) is 1. The largest absolute Gasteiger partial charge is 0.504 e. The van der Waals surface area contributed by atoms with Crippen molar-refractivity contribution in [3.05, 3.63) is 23.3 Å². The highest BCUT2D eigenvalue weighted by atomic mass is 16.5. The molecule has 4 N–H and O–H groups in total. The molecule has 1 saturated heterocycles. The van der Waals surface area contributed by atoms with E-state index in [1.807, 2.05) is 6.07 Å². The summed E-state index contributed by atoms with van der Waals surface area (Å²) in [6, 6.07) is 1.99. The van der Waals surface area contributed by atoms with Gasteiger partial charge in [-0.1, -0.05) is 19.9 Å². The van der Waals surface area contributed by atoms with Crippen LogP contribution in [-0.2, 0) is 26.2 Å². The van der Waals surface area contributed by atoms with Crippen molar-refractivity contribution in [2.75, 3.05) is 13.1 Å². The van der Waals surface area contributed by atoms with E-state index in [2.05, 4.69) is 10.2 Å². The fraction of sp³-hybridized carbons (Fsp3) is 0.654. The minimum atomic E-state index is -1.43. The van der Waals surface area contributed by atoms with Gasteiger partial charge in [0, 0.05) is 18.2 Å². The van der Waals surface area contributed by atoms with Gasteiger partial charge in [-0.3, -0.25) is 14.5 Å². The molecule has 9 heteroatoms. The van der Waals surface area contributed by atoms with Gasteiger partial charge in [0.1, 0.15) is 12.0 Å². The number of ketones is 1. The van der Waals surface area contributed by atoms with Crippen LogP contribution < -0.4 is 10.1 Å². The van der Waals surface area contributed by atoms with Crippen molar-refractivity contribution in [2.45, 2.75) is 75.2 Å². The second kappa shape index (κ2) is 7.43. The molecule has 2 heterocycles. The predicted molar refractivity (Wildman–Crippen MR) is 123 cm³/mol. The summed E-state index contributed by atoms with van der Waals surface area (Å²) < 4.78 is 6.12. The van der Waals surface area contributed by atoms with Crippen LogP contribution in [-0.4, -0.2) is 74.8 Å². The number of phenols is 1. The molecule has 1 spiro atoms. The number of aliphatic hydroxyl groups is 1. The predicted octanol–water partition coefficient (Wildman–Crippen LogP) is 0.977. The molecule has 2 aliphatic heterocycles. The molecule has 6 rings (SSSR count). The Bertz CT molecular complexity index is 1130. The summed E-state index contributed by atoms with van der Waals surface area (Å²) in [6.45, 7) is 4.95. The molecule has 6 atom stereocenters. The Hall–Kier alpha value is -2.65. The smallest absolute Gasteiger partial charge is 0.326 e. The molecule has 1 aromatic rings. The van der Waals surface area contributed by atoms with Crippen LogP contribution >= 0.6 is 0 Å². The van der Waals surface area contributed by atoms with E-state index in [1.54, 1.807) is 19.9 Å². The summed E-state index contributed by atoms with van der Waals surface area (Å²) in [5.41, 5.74) is -0.775. The van der Waals surface area contributed by atoms with Crippen molar-refractivity contribution < 1.29 is 34.4 Å². The lowest BCUT2D eigenvalue weighted by Crippen LogP contribution is -2.78. The highest BCUT2D eigenvalue weighted by Crippen LogP contribution is 2.65. The van der Waals surface area contributed by atoms with Gasteiger partial charge in [0.15, 0.2) is 23.4 Å². The zero-order valence-corrected chi connectivity index (χ0v) is 20.0. The zero-order chi connectivity index (χ0) is 24.9. The maximum absolute atomic E-state index is 13.8. The summed E-state index contributed by atoms with van der Waals surface area (Å²) in [6.07, 6.45) is 2.17. The maximum Gasteiger partial charge on any atom is 0.326 e. The van der Waals surface area contributed by atoms with Gasteiger partial charge in [-0.05, 0) is 62.1 Å². The van der Waals surface area contributed by atoms with Gasteiger partial charge in [0.2, 0.25) is 5.91 Å². The third-order valence-electron chi connectivity index (χ3n) is 9.18. The van der Waals surface area contributed by atoms with Crippen molar-refractivity contribution in [3.63, 3.8) is 0 Å². The van der Waals surface area contributed by atoms with Crippen LogP contribution in [0.1, 0.15) is 50.7 Å².